The van der Waals surface area contributed by atoms with Crippen molar-refractivity contribution in [3.63, 3.8) is 0 Å². The summed E-state index contributed by atoms with van der Waals surface area (Å²) in [4.78, 5) is 0. The maximum absolute atomic E-state index is 13.9. The molecule has 0 heterocycles. The normalized spacial score (nSPS) is 17.1. The number of methoxy groups -OCH3 is 2. The number of allylic oxidation sites excluding steroid dienone is 1. The lowest BCUT2D eigenvalue weighted by Gasteiger charge is -2.48. The summed E-state index contributed by atoms with van der Waals surface area (Å²) in [6.07, 6.45) is 1.92. The second-order valence-electron chi connectivity index (χ2n) is 8.59. The van der Waals surface area contributed by atoms with Crippen LogP contribution in [0, 0.1) is 5.82 Å². The van der Waals surface area contributed by atoms with Crippen molar-refractivity contribution in [1.82, 2.24) is 0 Å². The van der Waals surface area contributed by atoms with Crippen LogP contribution < -0.4 is 9.47 Å². The van der Waals surface area contributed by atoms with E-state index in [2.05, 4.69) is 48.5 Å². The van der Waals surface area contributed by atoms with Crippen molar-refractivity contribution in [3.05, 3.63) is 137 Å². The maximum Gasteiger partial charge on any atom is 0.123 e. The number of hydrogen-bond donors (Lipinski definition) is 0. The van der Waals surface area contributed by atoms with E-state index in [0.29, 0.717) is 0 Å². The summed E-state index contributed by atoms with van der Waals surface area (Å²) >= 11 is 0. The van der Waals surface area contributed by atoms with E-state index in [1.165, 1.54) is 16.7 Å². The predicted molar refractivity (Wildman–Crippen MR) is 135 cm³/mol. The molecule has 0 aliphatic heterocycles. The molecule has 1 fully saturated rings. The third-order valence-corrected chi connectivity index (χ3v) is 6.93. The van der Waals surface area contributed by atoms with E-state index in [1.54, 1.807) is 26.4 Å². The van der Waals surface area contributed by atoms with Crippen molar-refractivity contribution >= 4 is 5.57 Å². The molecule has 0 aromatic heterocycles. The van der Waals surface area contributed by atoms with Gasteiger partial charge in [-0.05, 0) is 82.6 Å². The highest BCUT2D eigenvalue weighted by atomic mass is 19.1. The molecule has 34 heavy (non-hydrogen) atoms. The number of rotatable bonds is 6. The molecule has 0 saturated heterocycles. The summed E-state index contributed by atoms with van der Waals surface area (Å²) in [5.74, 6) is 1.43. The van der Waals surface area contributed by atoms with E-state index in [4.69, 9.17) is 9.47 Å². The van der Waals surface area contributed by atoms with Gasteiger partial charge in [-0.15, -0.1) is 0 Å². The molecule has 0 radical (unpaired) electrons. The van der Waals surface area contributed by atoms with Crippen LogP contribution in [0.5, 0.6) is 11.5 Å². The fourth-order valence-electron chi connectivity index (χ4n) is 5.13. The summed E-state index contributed by atoms with van der Waals surface area (Å²) in [6, 6.07) is 34.0. The minimum absolute atomic E-state index is 0.220. The fourth-order valence-corrected chi connectivity index (χ4v) is 5.13. The highest BCUT2D eigenvalue weighted by Gasteiger charge is 2.46. The summed E-state index contributed by atoms with van der Waals surface area (Å²) in [6.45, 7) is 0. The second-order valence-corrected chi connectivity index (χ2v) is 8.59. The van der Waals surface area contributed by atoms with Crippen molar-refractivity contribution in [2.24, 2.45) is 0 Å². The first kappa shape index (κ1) is 22.0. The van der Waals surface area contributed by atoms with Crippen LogP contribution in [-0.4, -0.2) is 14.2 Å². The third kappa shape index (κ3) is 3.77. The van der Waals surface area contributed by atoms with Crippen LogP contribution in [0.3, 0.4) is 0 Å². The molecule has 3 heteroatoms. The van der Waals surface area contributed by atoms with Gasteiger partial charge in [-0.3, -0.25) is 0 Å². The van der Waals surface area contributed by atoms with Crippen molar-refractivity contribution in [1.29, 1.82) is 0 Å². The van der Waals surface area contributed by atoms with Crippen LogP contribution >= 0.6 is 0 Å². The van der Waals surface area contributed by atoms with Crippen LogP contribution in [0.15, 0.2) is 109 Å². The Morgan fingerprint density at radius 1 is 0.647 bits per heavy atom. The monoisotopic (exact) mass is 450 g/mol. The third-order valence-electron chi connectivity index (χ3n) is 6.93. The fraction of sp³-hybridized carbons (Fsp3) is 0.161. The Morgan fingerprint density at radius 3 is 1.59 bits per heavy atom. The molecule has 4 aromatic rings. The first-order valence-corrected chi connectivity index (χ1v) is 11.5. The Bertz CT molecular complexity index is 1240. The lowest BCUT2D eigenvalue weighted by atomic mass is 9.55. The van der Waals surface area contributed by atoms with Gasteiger partial charge in [-0.1, -0.05) is 66.7 Å². The Labute approximate surface area is 200 Å². The van der Waals surface area contributed by atoms with E-state index in [9.17, 15) is 4.39 Å². The molecule has 1 saturated carbocycles. The molecule has 0 N–H and O–H groups in total. The number of halogens is 1. The van der Waals surface area contributed by atoms with Gasteiger partial charge in [-0.25, -0.2) is 4.39 Å². The van der Waals surface area contributed by atoms with E-state index in [0.717, 1.165) is 41.0 Å². The molecule has 170 valence electrons. The summed E-state index contributed by atoms with van der Waals surface area (Å²) < 4.78 is 24.7. The van der Waals surface area contributed by atoms with Crippen molar-refractivity contribution in [3.8, 4) is 11.5 Å². The summed E-state index contributed by atoms with van der Waals surface area (Å²) in [5.41, 5.74) is 6.81. The van der Waals surface area contributed by atoms with Gasteiger partial charge in [0.15, 0.2) is 0 Å². The Morgan fingerprint density at radius 2 is 1.15 bits per heavy atom. The summed E-state index contributed by atoms with van der Waals surface area (Å²) in [5, 5.41) is 0. The molecule has 4 aromatic carbocycles. The van der Waals surface area contributed by atoms with Gasteiger partial charge < -0.3 is 9.47 Å². The van der Waals surface area contributed by atoms with Crippen molar-refractivity contribution in [2.75, 3.05) is 14.2 Å². The molecule has 2 nitrogen and oxygen atoms in total. The smallest absolute Gasteiger partial charge is 0.123 e. The zero-order valence-corrected chi connectivity index (χ0v) is 19.4. The number of hydrogen-bond acceptors (Lipinski definition) is 2. The highest BCUT2D eigenvalue weighted by Crippen LogP contribution is 2.56. The maximum atomic E-state index is 13.9. The number of benzene rings is 4. The molecule has 0 amide bonds. The van der Waals surface area contributed by atoms with Gasteiger partial charge in [0, 0.05) is 5.41 Å². The zero-order chi connectivity index (χ0) is 23.5. The average Bonchev–Trinajstić information content (AvgIpc) is 2.89. The van der Waals surface area contributed by atoms with Crippen LogP contribution in [0.25, 0.3) is 5.57 Å². The lowest BCUT2D eigenvalue weighted by Crippen LogP contribution is -2.39. The van der Waals surface area contributed by atoms with E-state index < -0.39 is 0 Å². The van der Waals surface area contributed by atoms with Gasteiger partial charge in [0.05, 0.1) is 14.2 Å². The van der Waals surface area contributed by atoms with Crippen LogP contribution in [0.1, 0.15) is 35.1 Å². The second kappa shape index (κ2) is 9.18. The quantitative estimate of drug-likeness (QED) is 0.304. The van der Waals surface area contributed by atoms with E-state index in [1.807, 2.05) is 42.5 Å². The number of ether oxygens (including phenoxy) is 2. The molecular formula is C31H27FO2. The largest absolute Gasteiger partial charge is 0.497 e. The van der Waals surface area contributed by atoms with Gasteiger partial charge in [0.25, 0.3) is 0 Å². The van der Waals surface area contributed by atoms with Crippen LogP contribution in [0.2, 0.25) is 0 Å². The lowest BCUT2D eigenvalue weighted by molar-refractivity contribution is 0.414. The van der Waals surface area contributed by atoms with Gasteiger partial charge in [0.1, 0.15) is 17.3 Å². The van der Waals surface area contributed by atoms with Crippen LogP contribution in [0.4, 0.5) is 4.39 Å². The molecular weight excluding hydrogens is 423 g/mol. The van der Waals surface area contributed by atoms with Gasteiger partial charge in [0.2, 0.25) is 0 Å². The zero-order valence-electron chi connectivity index (χ0n) is 19.4. The van der Waals surface area contributed by atoms with Crippen molar-refractivity contribution < 1.29 is 13.9 Å². The highest BCUT2D eigenvalue weighted by molar-refractivity contribution is 5.86. The predicted octanol–water partition coefficient (Wildman–Crippen LogP) is 7.42. The first-order chi connectivity index (χ1) is 16.7. The molecule has 0 bridgehead atoms. The Kier molecular flexibility index (Phi) is 5.93. The van der Waals surface area contributed by atoms with Crippen molar-refractivity contribution in [2.45, 2.75) is 18.3 Å². The first-order valence-electron chi connectivity index (χ1n) is 11.5. The SMILES string of the molecule is COc1ccc(C(=C2CCC2(c2ccccc2)c2ccc(F)cc2)c2ccc(OC)cc2)cc1. The molecule has 1 atom stereocenters. The minimum atomic E-state index is -0.315. The molecule has 1 aliphatic carbocycles. The summed E-state index contributed by atoms with van der Waals surface area (Å²) in [7, 11) is 3.36. The molecule has 0 spiro atoms. The molecule has 5 rings (SSSR count). The molecule has 1 aliphatic rings. The van der Waals surface area contributed by atoms with Gasteiger partial charge >= 0.3 is 0 Å². The van der Waals surface area contributed by atoms with E-state index >= 15 is 0 Å². The Balaban J connectivity index is 1.78. The minimum Gasteiger partial charge on any atom is -0.497 e. The van der Waals surface area contributed by atoms with E-state index in [-0.39, 0.29) is 11.2 Å². The van der Waals surface area contributed by atoms with Gasteiger partial charge in [-0.2, -0.15) is 0 Å². The Hall–Kier alpha value is -3.85. The van der Waals surface area contributed by atoms with Crippen LogP contribution in [-0.2, 0) is 5.41 Å². The standard InChI is InChI=1S/C31H27FO2/c1-33-27-16-8-22(9-17-27)30(23-10-18-28(34-2)19-11-23)29-20-21-31(29,24-6-4-3-5-7-24)25-12-14-26(32)15-13-25/h3-19H,20-21H2,1-2H3. The molecule has 1 unspecified atom stereocenters. The average molecular weight is 451 g/mol. The topological polar surface area (TPSA) is 18.5 Å².